The second-order valence-electron chi connectivity index (χ2n) is 5.75. The minimum Gasteiger partial charge on any atom is -0.329 e. The van der Waals surface area contributed by atoms with Gasteiger partial charge < -0.3 is 10.6 Å². The quantitative estimate of drug-likeness (QED) is 0.879. The predicted molar refractivity (Wildman–Crippen MR) is 81.0 cm³/mol. The molecule has 0 bridgehead atoms. The molecule has 1 aromatic rings. The highest BCUT2D eigenvalue weighted by Crippen LogP contribution is 2.22. The van der Waals surface area contributed by atoms with Crippen molar-refractivity contribution in [2.24, 2.45) is 5.73 Å². The highest BCUT2D eigenvalue weighted by molar-refractivity contribution is 5.14. The summed E-state index contributed by atoms with van der Waals surface area (Å²) in [6, 6.07) is 12.1. The third kappa shape index (κ3) is 4.03. The molecular weight excluding hydrogens is 234 g/mol. The first-order chi connectivity index (χ1) is 9.20. The molecule has 0 saturated carbocycles. The van der Waals surface area contributed by atoms with Crippen LogP contribution in [0.1, 0.15) is 25.3 Å². The van der Waals surface area contributed by atoms with Gasteiger partial charge in [-0.05, 0) is 38.9 Å². The smallest absolute Gasteiger partial charge is 0.0237 e. The van der Waals surface area contributed by atoms with Gasteiger partial charge in [-0.3, -0.25) is 4.90 Å². The molecule has 1 aliphatic heterocycles. The van der Waals surface area contributed by atoms with Crippen LogP contribution in [0.15, 0.2) is 30.3 Å². The Morgan fingerprint density at radius 2 is 2.05 bits per heavy atom. The van der Waals surface area contributed by atoms with Gasteiger partial charge in [-0.15, -0.1) is 0 Å². The Bertz CT molecular complexity index is 366. The first-order valence-electron chi connectivity index (χ1n) is 7.39. The van der Waals surface area contributed by atoms with Gasteiger partial charge >= 0.3 is 0 Å². The topological polar surface area (TPSA) is 32.5 Å². The van der Waals surface area contributed by atoms with Crippen LogP contribution >= 0.6 is 0 Å². The van der Waals surface area contributed by atoms with Crippen LogP contribution in [0.2, 0.25) is 0 Å². The van der Waals surface area contributed by atoms with Crippen LogP contribution in [-0.4, -0.2) is 48.6 Å². The van der Waals surface area contributed by atoms with Crippen LogP contribution in [-0.2, 0) is 6.54 Å². The Kier molecular flexibility index (Phi) is 5.37. The molecule has 1 fully saturated rings. The van der Waals surface area contributed by atoms with Crippen molar-refractivity contribution in [1.29, 1.82) is 0 Å². The molecule has 1 heterocycles. The highest BCUT2D eigenvalue weighted by atomic mass is 15.2. The van der Waals surface area contributed by atoms with Gasteiger partial charge in [0.2, 0.25) is 0 Å². The molecule has 3 nitrogen and oxygen atoms in total. The van der Waals surface area contributed by atoms with E-state index in [0.29, 0.717) is 12.1 Å². The molecule has 1 saturated heterocycles. The third-order valence-corrected chi connectivity index (χ3v) is 4.34. The monoisotopic (exact) mass is 261 g/mol. The predicted octanol–water partition coefficient (Wildman–Crippen LogP) is 1.93. The van der Waals surface area contributed by atoms with Gasteiger partial charge in [-0.1, -0.05) is 30.3 Å². The summed E-state index contributed by atoms with van der Waals surface area (Å²) >= 11 is 0. The van der Waals surface area contributed by atoms with Crippen molar-refractivity contribution < 1.29 is 0 Å². The fourth-order valence-electron chi connectivity index (χ4n) is 2.97. The van der Waals surface area contributed by atoms with E-state index >= 15 is 0 Å². The van der Waals surface area contributed by atoms with E-state index in [1.807, 2.05) is 0 Å². The number of rotatable bonds is 5. The second kappa shape index (κ2) is 7.04. The van der Waals surface area contributed by atoms with Gasteiger partial charge in [-0.25, -0.2) is 0 Å². The molecule has 2 atom stereocenters. The zero-order valence-electron chi connectivity index (χ0n) is 12.3. The number of likely N-dealkylation sites (tertiary alicyclic amines) is 1. The Balaban J connectivity index is 1.99. The van der Waals surface area contributed by atoms with Crippen molar-refractivity contribution in [2.75, 3.05) is 26.7 Å². The molecule has 0 amide bonds. The summed E-state index contributed by atoms with van der Waals surface area (Å²) in [7, 11) is 2.23. The van der Waals surface area contributed by atoms with Crippen molar-refractivity contribution in [1.82, 2.24) is 9.80 Å². The zero-order chi connectivity index (χ0) is 13.7. The minimum absolute atomic E-state index is 0.676. The molecule has 3 heteroatoms. The molecule has 0 spiro atoms. The number of benzene rings is 1. The molecule has 1 aliphatic rings. The van der Waals surface area contributed by atoms with Crippen LogP contribution in [0, 0.1) is 0 Å². The van der Waals surface area contributed by atoms with Crippen molar-refractivity contribution >= 4 is 0 Å². The van der Waals surface area contributed by atoms with Gasteiger partial charge in [0.15, 0.2) is 0 Å². The number of nitrogens with zero attached hydrogens (tertiary/aromatic N) is 2. The van der Waals surface area contributed by atoms with E-state index in [9.17, 15) is 0 Å². The van der Waals surface area contributed by atoms with Gasteiger partial charge in [0.1, 0.15) is 0 Å². The lowest BCUT2D eigenvalue weighted by atomic mass is 9.97. The molecular formula is C16H27N3. The SMILES string of the molecule is CC1CC(N(CCN)Cc2ccccc2)CCN1C. The van der Waals surface area contributed by atoms with Crippen molar-refractivity contribution in [2.45, 2.75) is 38.4 Å². The van der Waals surface area contributed by atoms with Gasteiger partial charge in [0.05, 0.1) is 0 Å². The molecule has 0 aromatic heterocycles. The molecule has 0 radical (unpaired) electrons. The molecule has 19 heavy (non-hydrogen) atoms. The van der Waals surface area contributed by atoms with Crippen molar-refractivity contribution in [3.05, 3.63) is 35.9 Å². The molecule has 2 unspecified atom stereocenters. The standard InChI is InChI=1S/C16H27N3/c1-14-12-16(8-10-18(14)2)19(11-9-17)13-15-6-4-3-5-7-15/h3-7,14,16H,8-13,17H2,1-2H3. The van der Waals surface area contributed by atoms with E-state index in [1.54, 1.807) is 0 Å². The highest BCUT2D eigenvalue weighted by Gasteiger charge is 2.26. The normalized spacial score (nSPS) is 24.8. The van der Waals surface area contributed by atoms with E-state index in [2.05, 4.69) is 54.1 Å². The second-order valence-corrected chi connectivity index (χ2v) is 5.75. The average molecular weight is 261 g/mol. The molecule has 1 aromatic carbocycles. The molecule has 106 valence electrons. The molecule has 2 rings (SSSR count). The Labute approximate surface area is 117 Å². The maximum Gasteiger partial charge on any atom is 0.0237 e. The zero-order valence-corrected chi connectivity index (χ0v) is 12.3. The summed E-state index contributed by atoms with van der Waals surface area (Å²) in [5, 5.41) is 0. The van der Waals surface area contributed by atoms with Crippen LogP contribution < -0.4 is 5.73 Å². The molecule has 2 N–H and O–H groups in total. The number of piperidine rings is 1. The summed E-state index contributed by atoms with van der Waals surface area (Å²) in [5.41, 5.74) is 7.19. The summed E-state index contributed by atoms with van der Waals surface area (Å²) < 4.78 is 0. The van der Waals surface area contributed by atoms with Crippen molar-refractivity contribution in [3.63, 3.8) is 0 Å². The summed E-state index contributed by atoms with van der Waals surface area (Å²) in [6.45, 7) is 6.29. The summed E-state index contributed by atoms with van der Waals surface area (Å²) in [5.74, 6) is 0. The summed E-state index contributed by atoms with van der Waals surface area (Å²) in [4.78, 5) is 5.03. The molecule has 0 aliphatic carbocycles. The first-order valence-corrected chi connectivity index (χ1v) is 7.39. The van der Waals surface area contributed by atoms with Gasteiger partial charge in [0, 0.05) is 31.7 Å². The van der Waals surface area contributed by atoms with E-state index in [0.717, 1.165) is 19.6 Å². The first kappa shape index (κ1) is 14.5. The van der Waals surface area contributed by atoms with E-state index < -0.39 is 0 Å². The van der Waals surface area contributed by atoms with Gasteiger partial charge in [-0.2, -0.15) is 0 Å². The summed E-state index contributed by atoms with van der Waals surface area (Å²) in [6.07, 6.45) is 2.51. The van der Waals surface area contributed by atoms with Crippen LogP contribution in [0.5, 0.6) is 0 Å². The Morgan fingerprint density at radius 1 is 1.32 bits per heavy atom. The Hall–Kier alpha value is -0.900. The fourth-order valence-corrected chi connectivity index (χ4v) is 2.97. The van der Waals surface area contributed by atoms with Crippen molar-refractivity contribution in [3.8, 4) is 0 Å². The van der Waals surface area contributed by atoms with Gasteiger partial charge in [0.25, 0.3) is 0 Å². The third-order valence-electron chi connectivity index (χ3n) is 4.34. The number of hydrogen-bond donors (Lipinski definition) is 1. The van der Waals surface area contributed by atoms with Crippen LogP contribution in [0.25, 0.3) is 0 Å². The van der Waals surface area contributed by atoms with Crippen LogP contribution in [0.3, 0.4) is 0 Å². The van der Waals surface area contributed by atoms with Crippen LogP contribution in [0.4, 0.5) is 0 Å². The van der Waals surface area contributed by atoms with E-state index in [4.69, 9.17) is 5.73 Å². The minimum atomic E-state index is 0.676. The fraction of sp³-hybridized carbons (Fsp3) is 0.625. The van der Waals surface area contributed by atoms with E-state index in [-0.39, 0.29) is 0 Å². The average Bonchev–Trinajstić information content (AvgIpc) is 2.43. The van der Waals surface area contributed by atoms with E-state index in [1.165, 1.54) is 24.9 Å². The largest absolute Gasteiger partial charge is 0.329 e. The number of hydrogen-bond acceptors (Lipinski definition) is 3. The lowest BCUT2D eigenvalue weighted by Gasteiger charge is -2.41. The maximum atomic E-state index is 5.80. The lowest BCUT2D eigenvalue weighted by Crippen LogP contribution is -2.48. The maximum absolute atomic E-state index is 5.80. The Morgan fingerprint density at radius 3 is 2.68 bits per heavy atom. The lowest BCUT2D eigenvalue weighted by molar-refractivity contribution is 0.0849. The number of nitrogens with two attached hydrogens (primary N) is 1.